The van der Waals surface area contributed by atoms with E-state index < -0.39 is 0 Å². The molecule has 10 nitrogen and oxygen atoms in total. The molecule has 10 heteroatoms. The number of ether oxygens (including phenoxy) is 1. The van der Waals surface area contributed by atoms with Gasteiger partial charge in [0.15, 0.2) is 5.82 Å². The molecule has 1 aliphatic rings. The Balaban J connectivity index is 1.74. The Morgan fingerprint density at radius 1 is 1.32 bits per heavy atom. The first-order valence-electron chi connectivity index (χ1n) is 10.7. The number of fused-ring (bicyclic) bond motifs is 1. The van der Waals surface area contributed by atoms with Crippen LogP contribution in [-0.2, 0) is 22.5 Å². The molecule has 0 radical (unpaired) electrons. The van der Waals surface area contributed by atoms with Crippen LogP contribution in [0.1, 0.15) is 26.0 Å². The van der Waals surface area contributed by atoms with E-state index in [0.717, 1.165) is 24.2 Å². The topological polar surface area (TPSA) is 119 Å². The zero-order valence-electron chi connectivity index (χ0n) is 17.9. The molecule has 4 rings (SSSR count). The molecule has 3 N–H and O–H groups in total. The van der Waals surface area contributed by atoms with Crippen LogP contribution in [-0.4, -0.2) is 56.9 Å². The molecule has 0 unspecified atom stereocenters. The molecule has 0 aliphatic carbocycles. The van der Waals surface area contributed by atoms with Gasteiger partial charge < -0.3 is 15.4 Å². The highest BCUT2D eigenvalue weighted by molar-refractivity contribution is 5.95. The number of nitrogens with zero attached hydrogens (tertiary/aromatic N) is 5. The summed E-state index contributed by atoms with van der Waals surface area (Å²) in [5.74, 6) is 1.31. The zero-order valence-corrected chi connectivity index (χ0v) is 17.9. The Bertz CT molecular complexity index is 1030. The molecule has 0 bridgehead atoms. The second-order valence-corrected chi connectivity index (χ2v) is 7.33. The second-order valence-electron chi connectivity index (χ2n) is 7.33. The smallest absolute Gasteiger partial charge is 0.232 e. The van der Waals surface area contributed by atoms with Crippen molar-refractivity contribution < 1.29 is 9.53 Å². The van der Waals surface area contributed by atoms with Gasteiger partial charge in [0.25, 0.3) is 0 Å². The minimum atomic E-state index is -0.0777. The summed E-state index contributed by atoms with van der Waals surface area (Å²) < 4.78 is 7.39. The summed E-state index contributed by atoms with van der Waals surface area (Å²) in [4.78, 5) is 26.3. The first-order chi connectivity index (χ1) is 15.2. The molecule has 3 aromatic rings. The Morgan fingerprint density at radius 3 is 2.94 bits per heavy atom. The number of aryl methyl sites for hydroxylation is 1. The van der Waals surface area contributed by atoms with Gasteiger partial charge >= 0.3 is 0 Å². The molecule has 0 spiro atoms. The predicted molar refractivity (Wildman–Crippen MR) is 118 cm³/mol. The van der Waals surface area contributed by atoms with Crippen LogP contribution in [0.25, 0.3) is 11.0 Å². The third kappa shape index (κ3) is 4.80. The molecule has 1 atom stereocenters. The quantitative estimate of drug-likeness (QED) is 0.447. The third-order valence-corrected chi connectivity index (χ3v) is 5.22. The lowest BCUT2D eigenvalue weighted by molar-refractivity contribution is -0.119. The lowest BCUT2D eigenvalue weighted by atomic mass is 10.1. The van der Waals surface area contributed by atoms with Crippen molar-refractivity contribution in [1.29, 1.82) is 0 Å². The standard InChI is InChI=1S/C21H28N8O2/c1-3-15-17-18(29(28-15)11-12-31-4-2)19(24-16-7-5-6-9-23-16)26-21(25-17)27-20(30)14-8-10-22-13-14/h5-7,9,14,22H,3-4,8,10-13H2,1-2H3,(H2,23,24,25,26,27,30)/t14-/m0/s1. The highest BCUT2D eigenvalue weighted by Crippen LogP contribution is 2.28. The molecule has 31 heavy (non-hydrogen) atoms. The van der Waals surface area contributed by atoms with E-state index in [1.807, 2.05) is 36.7 Å². The van der Waals surface area contributed by atoms with Crippen LogP contribution in [0, 0.1) is 5.92 Å². The molecule has 1 aliphatic heterocycles. The number of hydrogen-bond acceptors (Lipinski definition) is 8. The summed E-state index contributed by atoms with van der Waals surface area (Å²) >= 11 is 0. The van der Waals surface area contributed by atoms with E-state index in [-0.39, 0.29) is 17.8 Å². The van der Waals surface area contributed by atoms with E-state index in [9.17, 15) is 4.79 Å². The monoisotopic (exact) mass is 424 g/mol. The minimum Gasteiger partial charge on any atom is -0.380 e. The lowest BCUT2D eigenvalue weighted by Crippen LogP contribution is -2.25. The highest BCUT2D eigenvalue weighted by Gasteiger charge is 2.24. The van der Waals surface area contributed by atoms with Crippen molar-refractivity contribution in [1.82, 2.24) is 30.0 Å². The average Bonchev–Trinajstić information content (AvgIpc) is 3.43. The molecule has 0 aromatic carbocycles. The van der Waals surface area contributed by atoms with Crippen LogP contribution >= 0.6 is 0 Å². The highest BCUT2D eigenvalue weighted by atomic mass is 16.5. The SMILES string of the molecule is CCOCCn1nc(CC)c2nc(NC(=O)[C@H]3CCNC3)nc(Nc3ccccn3)c21. The number of pyridine rings is 1. The van der Waals surface area contributed by atoms with Gasteiger partial charge in [-0.05, 0) is 38.4 Å². The van der Waals surface area contributed by atoms with Crippen LogP contribution in [0.15, 0.2) is 24.4 Å². The lowest BCUT2D eigenvalue weighted by Gasteiger charge is -2.12. The fourth-order valence-electron chi connectivity index (χ4n) is 3.63. The van der Waals surface area contributed by atoms with Gasteiger partial charge in [-0.3, -0.25) is 14.8 Å². The van der Waals surface area contributed by atoms with Gasteiger partial charge in [-0.25, -0.2) is 9.97 Å². The molecular weight excluding hydrogens is 396 g/mol. The number of carbonyl (C=O) groups excluding carboxylic acids is 1. The van der Waals surface area contributed by atoms with Crippen molar-refractivity contribution in [2.45, 2.75) is 33.2 Å². The Morgan fingerprint density at radius 2 is 2.23 bits per heavy atom. The van der Waals surface area contributed by atoms with E-state index in [2.05, 4.69) is 30.9 Å². The van der Waals surface area contributed by atoms with Crippen LogP contribution in [0.3, 0.4) is 0 Å². The maximum Gasteiger partial charge on any atom is 0.232 e. The molecule has 0 saturated carbocycles. The largest absolute Gasteiger partial charge is 0.380 e. The summed E-state index contributed by atoms with van der Waals surface area (Å²) in [6, 6.07) is 5.61. The van der Waals surface area contributed by atoms with Gasteiger partial charge in [0.2, 0.25) is 11.9 Å². The maximum atomic E-state index is 12.7. The molecule has 4 heterocycles. The van der Waals surface area contributed by atoms with Crippen LogP contribution in [0.2, 0.25) is 0 Å². The third-order valence-electron chi connectivity index (χ3n) is 5.22. The molecule has 1 fully saturated rings. The Kier molecular flexibility index (Phi) is 6.68. The van der Waals surface area contributed by atoms with E-state index in [1.54, 1.807) is 6.20 Å². The van der Waals surface area contributed by atoms with Crippen molar-refractivity contribution in [3.8, 4) is 0 Å². The number of rotatable bonds is 9. The number of amides is 1. The number of hydrogen-bond donors (Lipinski definition) is 3. The zero-order chi connectivity index (χ0) is 21.6. The van der Waals surface area contributed by atoms with Crippen molar-refractivity contribution in [3.63, 3.8) is 0 Å². The van der Waals surface area contributed by atoms with E-state index >= 15 is 0 Å². The van der Waals surface area contributed by atoms with Gasteiger partial charge in [0.05, 0.1) is 24.8 Å². The van der Waals surface area contributed by atoms with Gasteiger partial charge in [0, 0.05) is 19.3 Å². The Hall–Kier alpha value is -3.11. The van der Waals surface area contributed by atoms with E-state index in [4.69, 9.17) is 9.84 Å². The van der Waals surface area contributed by atoms with Gasteiger partial charge in [-0.2, -0.15) is 10.1 Å². The summed E-state index contributed by atoms with van der Waals surface area (Å²) in [7, 11) is 0. The van der Waals surface area contributed by atoms with Crippen LogP contribution < -0.4 is 16.0 Å². The molecule has 1 amide bonds. The number of carbonyl (C=O) groups is 1. The minimum absolute atomic E-state index is 0.0741. The number of nitrogens with one attached hydrogen (secondary N) is 3. The van der Waals surface area contributed by atoms with Crippen molar-refractivity contribution >= 4 is 34.5 Å². The first kappa shape index (κ1) is 21.1. The van der Waals surface area contributed by atoms with Gasteiger partial charge in [-0.1, -0.05) is 13.0 Å². The predicted octanol–water partition coefficient (Wildman–Crippen LogP) is 2.11. The van der Waals surface area contributed by atoms with E-state index in [1.165, 1.54) is 0 Å². The van der Waals surface area contributed by atoms with Crippen molar-refractivity contribution in [2.75, 3.05) is 36.9 Å². The number of anilines is 3. The fraction of sp³-hybridized carbons (Fsp3) is 0.476. The first-order valence-corrected chi connectivity index (χ1v) is 10.7. The van der Waals surface area contributed by atoms with E-state index in [0.29, 0.717) is 49.9 Å². The van der Waals surface area contributed by atoms with Crippen molar-refractivity contribution in [3.05, 3.63) is 30.1 Å². The van der Waals surface area contributed by atoms with Gasteiger partial charge in [0.1, 0.15) is 16.9 Å². The summed E-state index contributed by atoms with van der Waals surface area (Å²) in [5.41, 5.74) is 2.33. The molecular formula is C21H28N8O2. The summed E-state index contributed by atoms with van der Waals surface area (Å²) in [6.07, 6.45) is 3.22. The summed E-state index contributed by atoms with van der Waals surface area (Å²) in [5, 5.41) is 14.1. The molecule has 164 valence electrons. The van der Waals surface area contributed by atoms with Crippen LogP contribution in [0.4, 0.5) is 17.6 Å². The van der Waals surface area contributed by atoms with Crippen molar-refractivity contribution in [2.24, 2.45) is 5.92 Å². The molecule has 1 saturated heterocycles. The Labute approximate surface area is 180 Å². The second kappa shape index (κ2) is 9.80. The molecule has 3 aromatic heterocycles. The average molecular weight is 425 g/mol. The normalized spacial score (nSPS) is 16.0. The van der Waals surface area contributed by atoms with Crippen LogP contribution in [0.5, 0.6) is 0 Å². The maximum absolute atomic E-state index is 12.7. The van der Waals surface area contributed by atoms with Gasteiger partial charge in [-0.15, -0.1) is 0 Å². The fourth-order valence-corrected chi connectivity index (χ4v) is 3.63. The number of aromatic nitrogens is 5. The summed E-state index contributed by atoms with van der Waals surface area (Å²) in [6.45, 7) is 7.26.